The van der Waals surface area contributed by atoms with Crippen LogP contribution in [0.15, 0.2) is 85.2 Å². The first-order valence-corrected chi connectivity index (χ1v) is 12.9. The summed E-state index contributed by atoms with van der Waals surface area (Å²) in [7, 11) is 0. The van der Waals surface area contributed by atoms with Gasteiger partial charge in [0.2, 0.25) is 0 Å². The summed E-state index contributed by atoms with van der Waals surface area (Å²) in [6.45, 7) is 6.48. The van der Waals surface area contributed by atoms with Crippen molar-refractivity contribution >= 4 is 28.0 Å². The van der Waals surface area contributed by atoms with Gasteiger partial charge in [-0.05, 0) is 41.5 Å². The van der Waals surface area contributed by atoms with Crippen molar-refractivity contribution in [2.45, 2.75) is 46.1 Å². The van der Waals surface area contributed by atoms with Crippen LogP contribution in [0.5, 0.6) is 0 Å². The number of benzene rings is 3. The monoisotopic (exact) mass is 507 g/mol. The Bertz CT molecular complexity index is 1520. The first kappa shape index (κ1) is 25.5. The summed E-state index contributed by atoms with van der Waals surface area (Å²) in [5, 5.41) is 13.1. The summed E-state index contributed by atoms with van der Waals surface area (Å²) in [6.07, 6.45) is 4.83. The molecule has 0 spiro atoms. The molecule has 192 valence electrons. The van der Waals surface area contributed by atoms with Crippen LogP contribution in [-0.4, -0.2) is 16.5 Å². The molecule has 4 aromatic rings. The molecule has 0 bridgehead atoms. The Hall–Kier alpha value is -4.19. The molecule has 3 aromatic carbocycles. The van der Waals surface area contributed by atoms with E-state index in [-0.39, 0.29) is 22.7 Å². The summed E-state index contributed by atoms with van der Waals surface area (Å²) < 4.78 is 2.04. The second kappa shape index (κ2) is 9.93. The number of nitrogens with zero attached hydrogens (tertiary/aromatic N) is 2. The van der Waals surface area contributed by atoms with Gasteiger partial charge in [-0.2, -0.15) is 4.57 Å². The van der Waals surface area contributed by atoms with Crippen molar-refractivity contribution in [2.75, 3.05) is 0 Å². The third-order valence-electron chi connectivity index (χ3n) is 7.50. The van der Waals surface area contributed by atoms with E-state index in [1.54, 1.807) is 12.1 Å². The van der Waals surface area contributed by atoms with E-state index < -0.39 is 16.8 Å². The van der Waals surface area contributed by atoms with Crippen LogP contribution >= 0.6 is 0 Å². The maximum Gasteiger partial charge on any atom is 0.269 e. The first-order valence-electron chi connectivity index (χ1n) is 12.9. The van der Waals surface area contributed by atoms with Gasteiger partial charge in [0.05, 0.1) is 10.8 Å². The van der Waals surface area contributed by atoms with Crippen molar-refractivity contribution in [1.82, 2.24) is 0 Å². The number of ketones is 2. The van der Waals surface area contributed by atoms with Crippen molar-refractivity contribution in [2.24, 2.45) is 11.3 Å². The molecule has 38 heavy (non-hydrogen) atoms. The van der Waals surface area contributed by atoms with E-state index in [0.29, 0.717) is 19.4 Å². The van der Waals surface area contributed by atoms with Crippen molar-refractivity contribution in [3.8, 4) is 0 Å². The molecule has 0 saturated heterocycles. The maximum atomic E-state index is 13.6. The number of pyridine rings is 1. The molecule has 5 rings (SSSR count). The fourth-order valence-electron chi connectivity index (χ4n) is 5.71. The molecule has 1 aromatic heterocycles. The van der Waals surface area contributed by atoms with Crippen LogP contribution in [0.4, 0.5) is 5.69 Å². The summed E-state index contributed by atoms with van der Waals surface area (Å²) in [4.78, 5) is 37.9. The van der Waals surface area contributed by atoms with Gasteiger partial charge in [0.25, 0.3) is 5.69 Å². The Morgan fingerprint density at radius 1 is 0.921 bits per heavy atom. The lowest BCUT2D eigenvalue weighted by molar-refractivity contribution is -0.687. The molecule has 1 fully saturated rings. The van der Waals surface area contributed by atoms with Crippen LogP contribution in [0.25, 0.3) is 10.8 Å². The SMILES string of the molecule is Cc1ccc(C(c2c[n+](Cc3ccc([N+](=O)[O-])cc3)cc3ccccc23)C2C(=O)CC(C)(C)CC2=O)cc1. The van der Waals surface area contributed by atoms with Crippen molar-refractivity contribution in [1.29, 1.82) is 0 Å². The lowest BCUT2D eigenvalue weighted by Gasteiger charge is -2.36. The molecule has 1 atom stereocenters. The highest BCUT2D eigenvalue weighted by molar-refractivity contribution is 6.07. The normalized spacial score (nSPS) is 16.5. The molecular weight excluding hydrogens is 476 g/mol. The predicted octanol–water partition coefficient (Wildman–Crippen LogP) is 6.10. The minimum atomic E-state index is -0.746. The minimum absolute atomic E-state index is 0.00771. The number of fused-ring (bicyclic) bond motifs is 1. The lowest BCUT2D eigenvalue weighted by Crippen LogP contribution is -2.42. The van der Waals surface area contributed by atoms with E-state index in [1.807, 2.05) is 86.3 Å². The zero-order valence-corrected chi connectivity index (χ0v) is 21.9. The highest BCUT2D eigenvalue weighted by Gasteiger charge is 2.45. The van der Waals surface area contributed by atoms with E-state index in [4.69, 9.17) is 0 Å². The van der Waals surface area contributed by atoms with E-state index in [2.05, 4.69) is 0 Å². The third-order valence-corrected chi connectivity index (χ3v) is 7.50. The van der Waals surface area contributed by atoms with Crippen molar-refractivity contribution in [3.05, 3.63) is 118 Å². The van der Waals surface area contributed by atoms with E-state index in [1.165, 1.54) is 12.1 Å². The highest BCUT2D eigenvalue weighted by Crippen LogP contribution is 2.43. The summed E-state index contributed by atoms with van der Waals surface area (Å²) in [5.41, 5.74) is 3.62. The summed E-state index contributed by atoms with van der Waals surface area (Å²) in [5.74, 6) is -1.18. The molecule has 6 heteroatoms. The zero-order chi connectivity index (χ0) is 27.0. The standard InChI is InChI=1S/C32H31N2O4/c1-21-8-12-23(13-9-21)30(31-28(35)16-32(2,3)17-29(31)36)27-20-33(19-24-6-4-5-7-26(24)27)18-22-10-14-25(15-11-22)34(37)38/h4-15,19-20,30-31H,16-18H2,1-3H3/q+1. The van der Waals surface area contributed by atoms with Gasteiger partial charge in [-0.3, -0.25) is 19.7 Å². The minimum Gasteiger partial charge on any atom is -0.299 e. The van der Waals surface area contributed by atoms with Gasteiger partial charge in [-0.25, -0.2) is 0 Å². The number of Topliss-reactive ketones (excluding diaryl/α,β-unsaturated/α-hetero) is 2. The number of hydrogen-bond donors (Lipinski definition) is 0. The molecule has 0 N–H and O–H groups in total. The average Bonchev–Trinajstić information content (AvgIpc) is 2.86. The summed E-state index contributed by atoms with van der Waals surface area (Å²) >= 11 is 0. The second-order valence-corrected chi connectivity index (χ2v) is 11.2. The molecule has 0 aliphatic heterocycles. The van der Waals surface area contributed by atoms with Crippen LogP contribution in [0.2, 0.25) is 0 Å². The van der Waals surface area contributed by atoms with Crippen LogP contribution in [0.3, 0.4) is 0 Å². The number of carbonyl (C=O) groups excluding carboxylic acids is 2. The number of nitro benzene ring substituents is 1. The molecule has 0 amide bonds. The van der Waals surface area contributed by atoms with Crippen LogP contribution in [-0.2, 0) is 16.1 Å². The Labute approximate surface area is 222 Å². The quantitative estimate of drug-likeness (QED) is 0.137. The molecule has 0 radical (unpaired) electrons. The molecule has 1 saturated carbocycles. The predicted molar refractivity (Wildman–Crippen MR) is 146 cm³/mol. The van der Waals surface area contributed by atoms with Gasteiger partial charge in [0.15, 0.2) is 18.9 Å². The molecule has 1 aliphatic rings. The Kier molecular flexibility index (Phi) is 6.66. The first-order chi connectivity index (χ1) is 18.1. The number of non-ortho nitro benzene ring substituents is 1. The average molecular weight is 508 g/mol. The van der Waals surface area contributed by atoms with E-state index in [9.17, 15) is 19.7 Å². The number of nitro groups is 1. The Morgan fingerprint density at radius 2 is 1.55 bits per heavy atom. The van der Waals surface area contributed by atoms with Gasteiger partial charge in [-0.15, -0.1) is 0 Å². The number of carbonyl (C=O) groups is 2. The smallest absolute Gasteiger partial charge is 0.269 e. The fourth-order valence-corrected chi connectivity index (χ4v) is 5.71. The van der Waals surface area contributed by atoms with Gasteiger partial charge in [-0.1, -0.05) is 61.9 Å². The van der Waals surface area contributed by atoms with Gasteiger partial charge in [0, 0.05) is 47.4 Å². The van der Waals surface area contributed by atoms with Gasteiger partial charge >= 0.3 is 0 Å². The fraction of sp³-hybridized carbons (Fsp3) is 0.281. The Morgan fingerprint density at radius 3 is 2.18 bits per heavy atom. The largest absolute Gasteiger partial charge is 0.299 e. The number of rotatable bonds is 6. The summed E-state index contributed by atoms with van der Waals surface area (Å²) in [6, 6.07) is 22.7. The lowest BCUT2D eigenvalue weighted by atomic mass is 9.65. The van der Waals surface area contributed by atoms with Gasteiger partial charge in [0.1, 0.15) is 11.6 Å². The highest BCUT2D eigenvalue weighted by atomic mass is 16.6. The molecule has 1 aliphatic carbocycles. The van der Waals surface area contributed by atoms with Crippen LogP contribution < -0.4 is 4.57 Å². The molecule has 1 heterocycles. The molecule has 6 nitrogen and oxygen atoms in total. The van der Waals surface area contributed by atoms with Crippen molar-refractivity contribution in [3.63, 3.8) is 0 Å². The molecule has 1 unspecified atom stereocenters. The maximum absolute atomic E-state index is 13.6. The molecular formula is C32H31N2O4+. The Balaban J connectivity index is 1.66. The topological polar surface area (TPSA) is 81.2 Å². The van der Waals surface area contributed by atoms with Crippen molar-refractivity contribution < 1.29 is 19.1 Å². The van der Waals surface area contributed by atoms with Crippen LogP contribution in [0, 0.1) is 28.4 Å². The van der Waals surface area contributed by atoms with Crippen LogP contribution in [0.1, 0.15) is 54.9 Å². The third kappa shape index (κ3) is 5.12. The zero-order valence-electron chi connectivity index (χ0n) is 21.9. The number of aryl methyl sites for hydroxylation is 1. The van der Waals surface area contributed by atoms with E-state index >= 15 is 0 Å². The van der Waals surface area contributed by atoms with E-state index in [0.717, 1.165) is 33.0 Å². The number of hydrogen-bond acceptors (Lipinski definition) is 4. The second-order valence-electron chi connectivity index (χ2n) is 11.2. The number of aromatic nitrogens is 1. The van der Waals surface area contributed by atoms with Gasteiger partial charge < -0.3 is 0 Å².